The molecule has 24 heavy (non-hydrogen) atoms. The number of carbonyl (C=O) groups excluding carboxylic acids is 1. The first-order valence-corrected chi connectivity index (χ1v) is 8.33. The van der Waals surface area contributed by atoms with Crippen molar-refractivity contribution in [1.82, 2.24) is 4.90 Å². The molecule has 3 nitrogen and oxygen atoms in total. The fourth-order valence-electron chi connectivity index (χ4n) is 3.13. The van der Waals surface area contributed by atoms with Gasteiger partial charge in [0.2, 0.25) is 5.91 Å². The van der Waals surface area contributed by atoms with Crippen molar-refractivity contribution in [2.45, 2.75) is 33.4 Å². The van der Waals surface area contributed by atoms with Crippen LogP contribution >= 0.6 is 0 Å². The number of aryl methyl sites for hydroxylation is 2. The molecule has 0 aromatic heterocycles. The number of piperazine rings is 1. The van der Waals surface area contributed by atoms with E-state index < -0.39 is 0 Å². The van der Waals surface area contributed by atoms with Gasteiger partial charge in [0.1, 0.15) is 5.82 Å². The van der Waals surface area contributed by atoms with Gasteiger partial charge in [-0.25, -0.2) is 4.39 Å². The molecule has 0 unspecified atom stereocenters. The van der Waals surface area contributed by atoms with E-state index in [0.717, 1.165) is 12.2 Å². The van der Waals surface area contributed by atoms with Gasteiger partial charge in [0, 0.05) is 30.9 Å². The number of halogens is 1. The maximum atomic E-state index is 13.9. The summed E-state index contributed by atoms with van der Waals surface area (Å²) in [6.45, 7) is 7.84. The number of nitrogens with zero attached hydrogens (tertiary/aromatic N) is 2. The van der Waals surface area contributed by atoms with Crippen LogP contribution < -0.4 is 4.90 Å². The van der Waals surface area contributed by atoms with Crippen LogP contribution in [0.4, 0.5) is 10.1 Å². The molecule has 1 aliphatic rings. The lowest BCUT2D eigenvalue weighted by molar-refractivity contribution is -0.125. The Morgan fingerprint density at radius 3 is 2.54 bits per heavy atom. The highest BCUT2D eigenvalue weighted by Crippen LogP contribution is 2.24. The van der Waals surface area contributed by atoms with Crippen LogP contribution in [0.2, 0.25) is 0 Å². The van der Waals surface area contributed by atoms with Gasteiger partial charge >= 0.3 is 0 Å². The average Bonchev–Trinajstić information content (AvgIpc) is 2.57. The second kappa shape index (κ2) is 6.73. The van der Waals surface area contributed by atoms with Crippen molar-refractivity contribution in [2.24, 2.45) is 0 Å². The summed E-state index contributed by atoms with van der Waals surface area (Å²) in [7, 11) is 0. The van der Waals surface area contributed by atoms with Crippen LogP contribution in [-0.2, 0) is 11.3 Å². The number of hydrogen-bond donors (Lipinski definition) is 0. The molecular weight excluding hydrogens is 303 g/mol. The van der Waals surface area contributed by atoms with Gasteiger partial charge in [-0.1, -0.05) is 24.3 Å². The van der Waals surface area contributed by atoms with E-state index in [1.807, 2.05) is 34.9 Å². The smallest absolute Gasteiger partial charge is 0.244 e. The molecular formula is C20H23FN2O. The van der Waals surface area contributed by atoms with Crippen LogP contribution in [0.5, 0.6) is 0 Å². The number of hydrogen-bond acceptors (Lipinski definition) is 2. The van der Waals surface area contributed by atoms with Gasteiger partial charge in [0.15, 0.2) is 0 Å². The maximum Gasteiger partial charge on any atom is 0.244 e. The third kappa shape index (κ3) is 3.20. The molecule has 0 radical (unpaired) electrons. The first kappa shape index (κ1) is 16.7. The Hall–Kier alpha value is -2.20. The second-order valence-corrected chi connectivity index (χ2v) is 6.50. The highest BCUT2D eigenvalue weighted by atomic mass is 19.1. The Morgan fingerprint density at radius 1 is 1.08 bits per heavy atom. The van der Waals surface area contributed by atoms with E-state index in [9.17, 15) is 9.18 Å². The number of rotatable bonds is 3. The molecule has 3 rings (SSSR count). The van der Waals surface area contributed by atoms with Gasteiger partial charge in [-0.05, 0) is 50.1 Å². The maximum absolute atomic E-state index is 13.9. The largest absolute Gasteiger partial charge is 0.310 e. The standard InChI is InChI=1S/C20H23FN2O/c1-14-8-9-18(12-15(14)2)23-11-10-22(16(3)20(23)24)13-17-6-4-5-7-19(17)21/h4-9,12,16H,10-11,13H2,1-3H3/t16-/m1/s1. The van der Waals surface area contributed by atoms with Crippen molar-refractivity contribution in [3.63, 3.8) is 0 Å². The highest BCUT2D eigenvalue weighted by Gasteiger charge is 2.32. The molecule has 126 valence electrons. The molecule has 1 amide bonds. The van der Waals surface area contributed by atoms with Crippen LogP contribution in [-0.4, -0.2) is 29.9 Å². The number of anilines is 1. The SMILES string of the molecule is Cc1ccc(N2CCN(Cc3ccccc3F)[C@H](C)C2=O)cc1C. The van der Waals surface area contributed by atoms with Crippen molar-refractivity contribution < 1.29 is 9.18 Å². The van der Waals surface area contributed by atoms with E-state index in [4.69, 9.17) is 0 Å². The first-order chi connectivity index (χ1) is 11.5. The van der Waals surface area contributed by atoms with Crippen molar-refractivity contribution in [2.75, 3.05) is 18.0 Å². The lowest BCUT2D eigenvalue weighted by Crippen LogP contribution is -2.55. The molecule has 1 atom stereocenters. The van der Waals surface area contributed by atoms with Gasteiger partial charge in [-0.3, -0.25) is 9.69 Å². The number of amides is 1. The fraction of sp³-hybridized carbons (Fsp3) is 0.350. The lowest BCUT2D eigenvalue weighted by atomic mass is 10.1. The Bertz CT molecular complexity index is 759. The number of carbonyl (C=O) groups is 1. The second-order valence-electron chi connectivity index (χ2n) is 6.50. The third-order valence-electron chi connectivity index (χ3n) is 4.92. The van der Waals surface area contributed by atoms with E-state index in [1.54, 1.807) is 12.1 Å². The molecule has 1 saturated heterocycles. The van der Waals surface area contributed by atoms with E-state index in [-0.39, 0.29) is 17.8 Å². The molecule has 0 aliphatic carbocycles. The van der Waals surface area contributed by atoms with Crippen LogP contribution in [0.1, 0.15) is 23.6 Å². The van der Waals surface area contributed by atoms with Gasteiger partial charge in [-0.15, -0.1) is 0 Å². The minimum absolute atomic E-state index is 0.0702. The third-order valence-corrected chi connectivity index (χ3v) is 4.92. The summed E-state index contributed by atoms with van der Waals surface area (Å²) in [6.07, 6.45) is 0. The molecule has 0 saturated carbocycles. The molecule has 1 heterocycles. The summed E-state index contributed by atoms with van der Waals surface area (Å²) < 4.78 is 13.9. The molecule has 0 spiro atoms. The van der Waals surface area contributed by atoms with Gasteiger partial charge in [0.05, 0.1) is 6.04 Å². The zero-order valence-electron chi connectivity index (χ0n) is 14.4. The Labute approximate surface area is 142 Å². The van der Waals surface area contributed by atoms with Gasteiger partial charge in [0.25, 0.3) is 0 Å². The molecule has 2 aromatic carbocycles. The minimum Gasteiger partial charge on any atom is -0.310 e. The predicted molar refractivity (Wildman–Crippen MR) is 94.5 cm³/mol. The van der Waals surface area contributed by atoms with Crippen LogP contribution in [0.15, 0.2) is 42.5 Å². The van der Waals surface area contributed by atoms with Crippen molar-refractivity contribution in [1.29, 1.82) is 0 Å². The summed E-state index contributed by atoms with van der Waals surface area (Å²) in [5.74, 6) is -0.144. The summed E-state index contributed by atoms with van der Waals surface area (Å²) in [5, 5.41) is 0. The first-order valence-electron chi connectivity index (χ1n) is 8.33. The number of benzene rings is 2. The minimum atomic E-state index is -0.264. The summed E-state index contributed by atoms with van der Waals surface area (Å²) in [5.41, 5.74) is 3.98. The summed E-state index contributed by atoms with van der Waals surface area (Å²) >= 11 is 0. The molecule has 1 fully saturated rings. The van der Waals surface area contributed by atoms with E-state index in [0.29, 0.717) is 18.7 Å². The predicted octanol–water partition coefficient (Wildman–Crippen LogP) is 3.68. The van der Waals surface area contributed by atoms with Crippen molar-refractivity contribution in [3.05, 3.63) is 65.0 Å². The Kier molecular flexibility index (Phi) is 4.67. The van der Waals surface area contributed by atoms with Crippen molar-refractivity contribution >= 4 is 11.6 Å². The summed E-state index contributed by atoms with van der Waals surface area (Å²) in [4.78, 5) is 16.7. The van der Waals surface area contributed by atoms with Gasteiger partial charge in [-0.2, -0.15) is 0 Å². The highest BCUT2D eigenvalue weighted by molar-refractivity contribution is 5.97. The zero-order valence-corrected chi connectivity index (χ0v) is 14.4. The zero-order chi connectivity index (χ0) is 17.3. The molecule has 0 N–H and O–H groups in total. The molecule has 1 aliphatic heterocycles. The van der Waals surface area contributed by atoms with Crippen molar-refractivity contribution in [3.8, 4) is 0 Å². The van der Waals surface area contributed by atoms with E-state index in [2.05, 4.69) is 19.9 Å². The van der Waals surface area contributed by atoms with Crippen LogP contribution in [0, 0.1) is 19.7 Å². The fourth-order valence-corrected chi connectivity index (χ4v) is 3.13. The Balaban J connectivity index is 1.76. The van der Waals surface area contributed by atoms with Gasteiger partial charge < -0.3 is 4.90 Å². The van der Waals surface area contributed by atoms with E-state index in [1.165, 1.54) is 17.2 Å². The topological polar surface area (TPSA) is 23.6 Å². The molecule has 2 aromatic rings. The lowest BCUT2D eigenvalue weighted by Gasteiger charge is -2.39. The molecule has 0 bridgehead atoms. The van der Waals surface area contributed by atoms with E-state index >= 15 is 0 Å². The quantitative estimate of drug-likeness (QED) is 0.859. The Morgan fingerprint density at radius 2 is 1.83 bits per heavy atom. The average molecular weight is 326 g/mol. The van der Waals surface area contributed by atoms with Crippen LogP contribution in [0.3, 0.4) is 0 Å². The monoisotopic (exact) mass is 326 g/mol. The molecule has 4 heteroatoms. The normalized spacial score (nSPS) is 18.9. The van der Waals surface area contributed by atoms with Crippen LogP contribution in [0.25, 0.3) is 0 Å². The summed E-state index contributed by atoms with van der Waals surface area (Å²) in [6, 6.07) is 12.6.